The molecule has 0 aliphatic heterocycles. The Balaban J connectivity index is 2.55. The summed E-state index contributed by atoms with van der Waals surface area (Å²) in [5.74, 6) is 0. The first kappa shape index (κ1) is 10.7. The van der Waals surface area contributed by atoms with E-state index in [-0.39, 0.29) is 0 Å². The molecule has 74 valence electrons. The van der Waals surface area contributed by atoms with Crippen LogP contribution in [0.15, 0.2) is 23.6 Å². The average molecular weight is 198 g/mol. The molecular weight excluding hydrogens is 180 g/mol. The number of hydrogen-bond acceptors (Lipinski definition) is 1. The summed E-state index contributed by atoms with van der Waals surface area (Å²) < 4.78 is 11.9. The molecule has 0 amide bonds. The van der Waals surface area contributed by atoms with E-state index >= 15 is 0 Å². The quantitative estimate of drug-likeness (QED) is 0.637. The summed E-state index contributed by atoms with van der Waals surface area (Å²) in [6.45, 7) is 9.49. The van der Waals surface area contributed by atoms with Crippen molar-refractivity contribution in [1.29, 1.82) is 0 Å². The maximum atomic E-state index is 11.9. The van der Waals surface area contributed by atoms with Crippen LogP contribution in [-0.2, 0) is 10.8 Å². The van der Waals surface area contributed by atoms with Crippen LogP contribution in [0.25, 0.3) is 0 Å². The summed E-state index contributed by atoms with van der Waals surface area (Å²) in [5.41, 5.74) is 0.865. The SMILES string of the molecule is C=C(C)C(=C)S(=O)C1CCCCC1. The molecule has 2 heteroatoms. The maximum Gasteiger partial charge on any atom is 0.0557 e. The first-order valence-electron chi connectivity index (χ1n) is 4.88. The Morgan fingerprint density at radius 2 is 1.77 bits per heavy atom. The van der Waals surface area contributed by atoms with Gasteiger partial charge in [-0.2, -0.15) is 0 Å². The van der Waals surface area contributed by atoms with Crippen LogP contribution in [0, 0.1) is 0 Å². The molecule has 0 aromatic rings. The number of rotatable bonds is 3. The van der Waals surface area contributed by atoms with Gasteiger partial charge < -0.3 is 0 Å². The minimum atomic E-state index is -0.875. The molecule has 0 aromatic heterocycles. The predicted octanol–water partition coefficient (Wildman–Crippen LogP) is 3.16. The van der Waals surface area contributed by atoms with Crippen molar-refractivity contribution in [2.24, 2.45) is 0 Å². The van der Waals surface area contributed by atoms with Crippen molar-refractivity contribution in [2.75, 3.05) is 0 Å². The summed E-state index contributed by atoms with van der Waals surface area (Å²) in [6.07, 6.45) is 5.94. The van der Waals surface area contributed by atoms with Crippen molar-refractivity contribution in [1.82, 2.24) is 0 Å². The van der Waals surface area contributed by atoms with Gasteiger partial charge in [0.15, 0.2) is 0 Å². The second-order valence-electron chi connectivity index (χ2n) is 3.76. The fourth-order valence-corrected chi connectivity index (χ4v) is 3.16. The normalized spacial score (nSPS) is 21.0. The van der Waals surface area contributed by atoms with Gasteiger partial charge in [-0.1, -0.05) is 32.4 Å². The zero-order chi connectivity index (χ0) is 9.84. The van der Waals surface area contributed by atoms with Gasteiger partial charge in [0.2, 0.25) is 0 Å². The lowest BCUT2D eigenvalue weighted by Crippen LogP contribution is -2.19. The second kappa shape index (κ2) is 4.75. The molecule has 1 fully saturated rings. The van der Waals surface area contributed by atoms with Crippen molar-refractivity contribution >= 4 is 10.8 Å². The van der Waals surface area contributed by atoms with Gasteiger partial charge in [-0.05, 0) is 25.3 Å². The van der Waals surface area contributed by atoms with Crippen LogP contribution in [0.3, 0.4) is 0 Å². The minimum absolute atomic E-state index is 0.345. The molecule has 1 saturated carbocycles. The van der Waals surface area contributed by atoms with Gasteiger partial charge in [-0.3, -0.25) is 4.21 Å². The largest absolute Gasteiger partial charge is 0.254 e. The molecule has 1 nitrogen and oxygen atoms in total. The topological polar surface area (TPSA) is 17.1 Å². The summed E-state index contributed by atoms with van der Waals surface area (Å²) in [4.78, 5) is 0.743. The molecular formula is C11H18OS. The standard InChI is InChI=1S/C11H18OS/c1-9(2)10(3)13(12)11-7-5-4-6-8-11/h11H,1,3-8H2,2H3. The third kappa shape index (κ3) is 2.80. The van der Waals surface area contributed by atoms with Crippen molar-refractivity contribution in [3.63, 3.8) is 0 Å². The molecule has 0 spiro atoms. The Labute approximate surface area is 83.4 Å². The van der Waals surface area contributed by atoms with Crippen LogP contribution in [0.4, 0.5) is 0 Å². The smallest absolute Gasteiger partial charge is 0.0557 e. The van der Waals surface area contributed by atoms with E-state index in [2.05, 4.69) is 13.2 Å². The van der Waals surface area contributed by atoms with Gasteiger partial charge in [0, 0.05) is 10.2 Å². The van der Waals surface area contributed by atoms with Gasteiger partial charge in [0.25, 0.3) is 0 Å². The van der Waals surface area contributed by atoms with Crippen LogP contribution in [0.2, 0.25) is 0 Å². The lowest BCUT2D eigenvalue weighted by atomic mass is 10.0. The van der Waals surface area contributed by atoms with Gasteiger partial charge in [-0.25, -0.2) is 0 Å². The van der Waals surface area contributed by atoms with Crippen LogP contribution in [-0.4, -0.2) is 9.46 Å². The highest BCUT2D eigenvalue weighted by Gasteiger charge is 2.21. The monoisotopic (exact) mass is 198 g/mol. The average Bonchev–Trinajstić information content (AvgIpc) is 2.17. The van der Waals surface area contributed by atoms with Gasteiger partial charge in [0.05, 0.1) is 10.8 Å². The van der Waals surface area contributed by atoms with Gasteiger partial charge in [-0.15, -0.1) is 0 Å². The summed E-state index contributed by atoms with van der Waals surface area (Å²) in [5, 5.41) is 0.345. The van der Waals surface area contributed by atoms with Crippen molar-refractivity contribution < 1.29 is 4.21 Å². The lowest BCUT2D eigenvalue weighted by molar-refractivity contribution is 0.506. The second-order valence-corrected chi connectivity index (χ2v) is 5.52. The van der Waals surface area contributed by atoms with Gasteiger partial charge in [0.1, 0.15) is 0 Å². The van der Waals surface area contributed by atoms with E-state index < -0.39 is 10.8 Å². The molecule has 1 aliphatic carbocycles. The summed E-state index contributed by atoms with van der Waals surface area (Å²) >= 11 is 0. The van der Waals surface area contributed by atoms with Crippen LogP contribution in [0.1, 0.15) is 39.0 Å². The van der Waals surface area contributed by atoms with E-state index in [0.29, 0.717) is 5.25 Å². The Bertz CT molecular complexity index is 236. The van der Waals surface area contributed by atoms with Crippen LogP contribution in [0.5, 0.6) is 0 Å². The zero-order valence-corrected chi connectivity index (χ0v) is 9.16. The van der Waals surface area contributed by atoms with E-state index in [1.165, 1.54) is 19.3 Å². The van der Waals surface area contributed by atoms with E-state index in [1.54, 1.807) is 0 Å². The fourth-order valence-electron chi connectivity index (χ4n) is 1.65. The van der Waals surface area contributed by atoms with E-state index in [9.17, 15) is 4.21 Å². The third-order valence-electron chi connectivity index (χ3n) is 2.57. The maximum absolute atomic E-state index is 11.9. The molecule has 0 bridgehead atoms. The summed E-state index contributed by atoms with van der Waals surface area (Å²) in [7, 11) is -0.875. The minimum Gasteiger partial charge on any atom is -0.254 e. The molecule has 1 rings (SSSR count). The van der Waals surface area contributed by atoms with E-state index in [4.69, 9.17) is 0 Å². The van der Waals surface area contributed by atoms with Crippen LogP contribution >= 0.6 is 0 Å². The highest BCUT2D eigenvalue weighted by Crippen LogP contribution is 2.26. The highest BCUT2D eigenvalue weighted by atomic mass is 32.2. The predicted molar refractivity (Wildman–Crippen MR) is 59.0 cm³/mol. The third-order valence-corrected chi connectivity index (χ3v) is 4.48. The molecule has 1 unspecified atom stereocenters. The molecule has 0 N–H and O–H groups in total. The molecule has 0 saturated heterocycles. The number of allylic oxidation sites excluding steroid dienone is 1. The zero-order valence-electron chi connectivity index (χ0n) is 8.34. The lowest BCUT2D eigenvalue weighted by Gasteiger charge is -2.21. The Morgan fingerprint density at radius 3 is 2.23 bits per heavy atom. The van der Waals surface area contributed by atoms with Gasteiger partial charge >= 0.3 is 0 Å². The molecule has 1 atom stereocenters. The van der Waals surface area contributed by atoms with Crippen molar-refractivity contribution in [3.8, 4) is 0 Å². The van der Waals surface area contributed by atoms with Crippen molar-refractivity contribution in [3.05, 3.63) is 23.6 Å². The first-order valence-corrected chi connectivity index (χ1v) is 6.09. The Morgan fingerprint density at radius 1 is 1.23 bits per heavy atom. The first-order chi connectivity index (χ1) is 6.13. The summed E-state index contributed by atoms with van der Waals surface area (Å²) in [6, 6.07) is 0. The molecule has 0 radical (unpaired) electrons. The van der Waals surface area contributed by atoms with Crippen molar-refractivity contribution in [2.45, 2.75) is 44.3 Å². The molecule has 0 aromatic carbocycles. The molecule has 1 aliphatic rings. The molecule has 0 heterocycles. The Kier molecular flexibility index (Phi) is 3.91. The molecule has 13 heavy (non-hydrogen) atoms. The number of hydrogen-bond donors (Lipinski definition) is 0. The Hall–Kier alpha value is -0.370. The van der Waals surface area contributed by atoms with E-state index in [0.717, 1.165) is 23.3 Å². The van der Waals surface area contributed by atoms with Crippen LogP contribution < -0.4 is 0 Å². The fraction of sp³-hybridized carbons (Fsp3) is 0.636. The van der Waals surface area contributed by atoms with E-state index in [1.807, 2.05) is 6.92 Å². The highest BCUT2D eigenvalue weighted by molar-refractivity contribution is 7.89.